The molecule has 0 aliphatic carbocycles. The number of carbonyl (C=O) groups excluding carboxylic acids is 1. The molecule has 1 rings (SSSR count). The minimum atomic E-state index is 0.679. The molecule has 0 fully saturated rings. The van der Waals surface area contributed by atoms with Crippen molar-refractivity contribution in [2.75, 3.05) is 0 Å². The van der Waals surface area contributed by atoms with Gasteiger partial charge in [-0.3, -0.25) is 4.79 Å². The third-order valence-corrected chi connectivity index (χ3v) is 2.26. The molecule has 0 aliphatic heterocycles. The van der Waals surface area contributed by atoms with Gasteiger partial charge in [0, 0.05) is 11.3 Å². The van der Waals surface area contributed by atoms with E-state index >= 15 is 0 Å². The predicted molar refractivity (Wildman–Crippen MR) is 58.3 cm³/mol. The van der Waals surface area contributed by atoms with Crippen LogP contribution in [0.1, 0.15) is 34.8 Å². The van der Waals surface area contributed by atoms with E-state index in [9.17, 15) is 4.79 Å². The van der Waals surface area contributed by atoms with Crippen LogP contribution in [0.5, 0.6) is 0 Å². The maximum atomic E-state index is 10.7. The first-order chi connectivity index (χ1) is 6.63. The van der Waals surface area contributed by atoms with Gasteiger partial charge in [0.15, 0.2) is 0 Å². The van der Waals surface area contributed by atoms with Crippen molar-refractivity contribution in [3.63, 3.8) is 0 Å². The highest BCUT2D eigenvalue weighted by atomic mass is 16.1. The average Bonchev–Trinajstić information content (AvgIpc) is 2.16. The summed E-state index contributed by atoms with van der Waals surface area (Å²) in [5, 5.41) is 7.31. The van der Waals surface area contributed by atoms with Crippen molar-refractivity contribution in [2.45, 2.75) is 26.7 Å². The summed E-state index contributed by atoms with van der Waals surface area (Å²) in [5.41, 5.74) is 3.57. The molecule has 0 radical (unpaired) electrons. The average molecular weight is 189 g/mol. The van der Waals surface area contributed by atoms with Gasteiger partial charge in [0.25, 0.3) is 0 Å². The minimum absolute atomic E-state index is 0.679. The fourth-order valence-corrected chi connectivity index (χ4v) is 1.30. The summed E-state index contributed by atoms with van der Waals surface area (Å²) in [4.78, 5) is 10.7. The van der Waals surface area contributed by atoms with E-state index in [1.807, 2.05) is 25.1 Å². The van der Waals surface area contributed by atoms with Crippen LogP contribution in [0.2, 0.25) is 0 Å². The molecule has 1 aromatic carbocycles. The van der Waals surface area contributed by atoms with Crippen LogP contribution in [0.25, 0.3) is 0 Å². The summed E-state index contributed by atoms with van der Waals surface area (Å²) < 4.78 is 0. The Hall–Kier alpha value is -1.44. The Bertz CT molecular complexity index is 355. The maximum absolute atomic E-state index is 10.7. The van der Waals surface area contributed by atoms with Gasteiger partial charge in [-0.2, -0.15) is 0 Å². The molecule has 1 N–H and O–H groups in total. The van der Waals surface area contributed by atoms with E-state index < -0.39 is 0 Å². The zero-order valence-electron chi connectivity index (χ0n) is 8.63. The molecule has 2 nitrogen and oxygen atoms in total. The summed E-state index contributed by atoms with van der Waals surface area (Å²) in [7, 11) is 0. The summed E-state index contributed by atoms with van der Waals surface area (Å²) >= 11 is 0. The quantitative estimate of drug-likeness (QED) is 0.574. The normalized spacial score (nSPS) is 9.86. The van der Waals surface area contributed by atoms with Crippen molar-refractivity contribution in [1.82, 2.24) is 0 Å². The monoisotopic (exact) mass is 189 g/mol. The number of benzene rings is 1. The molecule has 0 bridgehead atoms. The van der Waals surface area contributed by atoms with Crippen LogP contribution >= 0.6 is 0 Å². The molecular weight excluding hydrogens is 174 g/mol. The van der Waals surface area contributed by atoms with Gasteiger partial charge in [-0.1, -0.05) is 12.1 Å². The van der Waals surface area contributed by atoms with Crippen molar-refractivity contribution < 1.29 is 4.79 Å². The Labute approximate surface area is 84.5 Å². The Morgan fingerprint density at radius 1 is 1.50 bits per heavy atom. The van der Waals surface area contributed by atoms with Gasteiger partial charge in [0.2, 0.25) is 0 Å². The molecule has 0 unspecified atom stereocenters. The largest absolute Gasteiger partial charge is 0.310 e. The standard InChI is InChI=1S/C12H15NO/c1-9-3-5-11(6-4-10(2)13)7-12(9)8-14/h3,5,7-8,13H,4,6H2,1-2H3. The molecule has 0 atom stereocenters. The lowest BCUT2D eigenvalue weighted by Gasteiger charge is -2.03. The van der Waals surface area contributed by atoms with Gasteiger partial charge in [0.1, 0.15) is 6.29 Å². The number of rotatable bonds is 4. The van der Waals surface area contributed by atoms with E-state index in [1.54, 1.807) is 6.92 Å². The SMILES string of the molecule is CC(=N)CCc1ccc(C)c(C=O)c1. The fraction of sp³-hybridized carbons (Fsp3) is 0.333. The lowest BCUT2D eigenvalue weighted by Crippen LogP contribution is -1.95. The highest BCUT2D eigenvalue weighted by Crippen LogP contribution is 2.10. The smallest absolute Gasteiger partial charge is 0.150 e. The first-order valence-electron chi connectivity index (χ1n) is 4.72. The second-order valence-electron chi connectivity index (χ2n) is 3.59. The van der Waals surface area contributed by atoms with Crippen molar-refractivity contribution in [3.05, 3.63) is 34.9 Å². The third-order valence-electron chi connectivity index (χ3n) is 2.26. The molecule has 0 amide bonds. The second kappa shape index (κ2) is 4.70. The van der Waals surface area contributed by atoms with E-state index in [4.69, 9.17) is 5.41 Å². The highest BCUT2D eigenvalue weighted by molar-refractivity contribution is 5.79. The fourth-order valence-electron chi connectivity index (χ4n) is 1.30. The van der Waals surface area contributed by atoms with Gasteiger partial charge in [0.05, 0.1) is 0 Å². The van der Waals surface area contributed by atoms with Crippen LogP contribution < -0.4 is 0 Å². The van der Waals surface area contributed by atoms with Gasteiger partial charge in [-0.25, -0.2) is 0 Å². The molecule has 0 spiro atoms. The van der Waals surface area contributed by atoms with Crippen molar-refractivity contribution in [1.29, 1.82) is 5.41 Å². The van der Waals surface area contributed by atoms with Crippen molar-refractivity contribution >= 4 is 12.0 Å². The minimum Gasteiger partial charge on any atom is -0.310 e. The Balaban J connectivity index is 2.79. The van der Waals surface area contributed by atoms with Crippen LogP contribution in [0.3, 0.4) is 0 Å². The number of carbonyl (C=O) groups is 1. The summed E-state index contributed by atoms with van der Waals surface area (Å²) in [6.45, 7) is 3.73. The topological polar surface area (TPSA) is 40.9 Å². The van der Waals surface area contributed by atoms with E-state index in [2.05, 4.69) is 0 Å². The summed E-state index contributed by atoms with van der Waals surface area (Å²) in [5.74, 6) is 0. The zero-order chi connectivity index (χ0) is 10.6. The van der Waals surface area contributed by atoms with Crippen LogP contribution in [-0.2, 0) is 6.42 Å². The molecule has 0 aliphatic rings. The summed E-state index contributed by atoms with van der Waals surface area (Å²) in [6.07, 6.45) is 2.49. The van der Waals surface area contributed by atoms with Crippen LogP contribution in [0.4, 0.5) is 0 Å². The van der Waals surface area contributed by atoms with Crippen LogP contribution in [0.15, 0.2) is 18.2 Å². The van der Waals surface area contributed by atoms with Crippen LogP contribution in [-0.4, -0.2) is 12.0 Å². The molecule has 0 heterocycles. The molecule has 0 aromatic heterocycles. The van der Waals surface area contributed by atoms with E-state index in [1.165, 1.54) is 0 Å². The van der Waals surface area contributed by atoms with Crippen molar-refractivity contribution in [2.24, 2.45) is 0 Å². The van der Waals surface area contributed by atoms with E-state index in [0.29, 0.717) is 5.71 Å². The number of hydrogen-bond acceptors (Lipinski definition) is 2. The number of hydrogen-bond donors (Lipinski definition) is 1. The summed E-state index contributed by atoms with van der Waals surface area (Å²) in [6, 6.07) is 5.88. The predicted octanol–water partition coefficient (Wildman–Crippen LogP) is 2.78. The number of aryl methyl sites for hydroxylation is 2. The molecule has 1 aromatic rings. The van der Waals surface area contributed by atoms with E-state index in [-0.39, 0.29) is 0 Å². The third kappa shape index (κ3) is 2.80. The Kier molecular flexibility index (Phi) is 3.57. The number of nitrogens with one attached hydrogen (secondary N) is 1. The van der Waals surface area contributed by atoms with Gasteiger partial charge in [-0.15, -0.1) is 0 Å². The molecule has 14 heavy (non-hydrogen) atoms. The lowest BCUT2D eigenvalue weighted by atomic mass is 10.0. The van der Waals surface area contributed by atoms with Crippen molar-refractivity contribution in [3.8, 4) is 0 Å². The van der Waals surface area contributed by atoms with Gasteiger partial charge >= 0.3 is 0 Å². The number of aldehydes is 1. The molecule has 0 saturated heterocycles. The maximum Gasteiger partial charge on any atom is 0.150 e. The molecule has 74 valence electrons. The molecule has 0 saturated carbocycles. The Morgan fingerprint density at radius 2 is 2.21 bits per heavy atom. The van der Waals surface area contributed by atoms with Crippen LogP contribution in [0, 0.1) is 12.3 Å². The first kappa shape index (κ1) is 10.6. The van der Waals surface area contributed by atoms with Gasteiger partial charge < -0.3 is 5.41 Å². The molecular formula is C12H15NO. The molecule has 2 heteroatoms. The second-order valence-corrected chi connectivity index (χ2v) is 3.59. The highest BCUT2D eigenvalue weighted by Gasteiger charge is 1.99. The zero-order valence-corrected chi connectivity index (χ0v) is 8.63. The lowest BCUT2D eigenvalue weighted by molar-refractivity contribution is 0.112. The Morgan fingerprint density at radius 3 is 2.79 bits per heavy atom. The van der Waals surface area contributed by atoms with Gasteiger partial charge in [-0.05, 0) is 43.9 Å². The van der Waals surface area contributed by atoms with E-state index in [0.717, 1.165) is 35.8 Å². The first-order valence-corrected chi connectivity index (χ1v) is 4.72.